The van der Waals surface area contributed by atoms with E-state index in [1.165, 1.54) is 22.4 Å². The predicted octanol–water partition coefficient (Wildman–Crippen LogP) is 5.22. The average Bonchev–Trinajstić information content (AvgIpc) is 3.74. The van der Waals surface area contributed by atoms with Crippen LogP contribution in [0, 0.1) is 6.92 Å². The highest BCUT2D eigenvalue weighted by molar-refractivity contribution is 6.32. The minimum absolute atomic E-state index is 0.114. The van der Waals surface area contributed by atoms with E-state index in [4.69, 9.17) is 21.1 Å². The lowest BCUT2D eigenvalue weighted by molar-refractivity contribution is -0.140. The second kappa shape index (κ2) is 16.7. The van der Waals surface area contributed by atoms with Crippen molar-refractivity contribution in [2.24, 2.45) is 0 Å². The molecular formula is C39H45ClN4O6. The van der Waals surface area contributed by atoms with Crippen LogP contribution >= 0.6 is 11.6 Å². The highest BCUT2D eigenvalue weighted by atomic mass is 35.5. The van der Waals surface area contributed by atoms with Gasteiger partial charge in [0.2, 0.25) is 0 Å². The summed E-state index contributed by atoms with van der Waals surface area (Å²) in [5, 5.41) is 31.9. The number of aliphatic hydroxyl groups is 2. The quantitative estimate of drug-likeness (QED) is 0.124. The molecule has 1 fully saturated rings. The molecule has 0 amide bonds. The number of rotatable bonds is 16. The number of carboxylic acid groups (broad SMARTS) is 1. The number of carbonyl (C=O) groups is 1. The first-order valence-corrected chi connectivity index (χ1v) is 17.6. The molecule has 11 heteroatoms. The summed E-state index contributed by atoms with van der Waals surface area (Å²) < 4.78 is 12.5. The number of nitrogens with zero attached hydrogens (tertiary/aromatic N) is 3. The van der Waals surface area contributed by atoms with Gasteiger partial charge < -0.3 is 34.6 Å². The first-order valence-electron chi connectivity index (χ1n) is 17.2. The van der Waals surface area contributed by atoms with Gasteiger partial charge in [-0.3, -0.25) is 15.1 Å². The number of hydrogen-bond donors (Lipinski definition) is 4. The molecule has 3 heterocycles. The van der Waals surface area contributed by atoms with Gasteiger partial charge in [-0.05, 0) is 78.7 Å². The number of benzene rings is 3. The summed E-state index contributed by atoms with van der Waals surface area (Å²) in [6.07, 6.45) is 6.18. The Morgan fingerprint density at radius 1 is 1.02 bits per heavy atom. The second-order valence-electron chi connectivity index (χ2n) is 13.0. The molecule has 50 heavy (non-hydrogen) atoms. The zero-order valence-electron chi connectivity index (χ0n) is 28.4. The fraction of sp³-hybridized carbons (Fsp3) is 0.385. The Bertz CT molecular complexity index is 1770. The molecule has 2 atom stereocenters. The lowest BCUT2D eigenvalue weighted by Gasteiger charge is -2.22. The number of ether oxygens (including phenoxy) is 2. The van der Waals surface area contributed by atoms with Crippen LogP contribution in [0.1, 0.15) is 40.7 Å². The van der Waals surface area contributed by atoms with Crippen LogP contribution in [0.25, 0.3) is 11.1 Å². The summed E-state index contributed by atoms with van der Waals surface area (Å²) in [4.78, 5) is 20.5. The lowest BCUT2D eigenvalue weighted by atomic mass is 9.92. The maximum Gasteiger partial charge on any atom is 0.323 e. The molecule has 264 valence electrons. The molecule has 10 nitrogen and oxygen atoms in total. The normalized spacial score (nSPS) is 16.4. The van der Waals surface area contributed by atoms with Gasteiger partial charge in [-0.25, -0.2) is 0 Å². The molecule has 4 aromatic rings. The van der Waals surface area contributed by atoms with Crippen LogP contribution in [0.3, 0.4) is 0 Å². The third kappa shape index (κ3) is 8.57. The molecule has 0 radical (unpaired) electrons. The Kier molecular flexibility index (Phi) is 11.9. The van der Waals surface area contributed by atoms with E-state index < -0.39 is 18.6 Å². The van der Waals surface area contributed by atoms with Gasteiger partial charge in [-0.2, -0.15) is 0 Å². The van der Waals surface area contributed by atoms with Gasteiger partial charge in [0.15, 0.2) is 0 Å². The van der Waals surface area contributed by atoms with Crippen molar-refractivity contribution >= 4 is 23.3 Å². The lowest BCUT2D eigenvalue weighted by Crippen LogP contribution is -2.39. The number of aliphatic carboxylic acids is 1. The van der Waals surface area contributed by atoms with Crippen molar-refractivity contribution in [2.45, 2.75) is 58.1 Å². The molecule has 0 spiro atoms. The molecular weight excluding hydrogens is 656 g/mol. The van der Waals surface area contributed by atoms with E-state index in [0.717, 1.165) is 68.7 Å². The van der Waals surface area contributed by atoms with Crippen molar-refractivity contribution in [3.05, 3.63) is 106 Å². The number of fused-ring (bicyclic) bond motifs is 1. The standard InChI is InChI=1S/C39H45ClN4O6/c1-26-28(7-2-8-31(26)32-9-3-10-36-33(32)12-17-44(36)15-5-14-43-16-11-30(46)22-43)25-50-38-19-37(49-24-27-6-4-13-41-20-27)29(18-34(38)40)21-42-35(23-45)39(47)48/h2-4,6-10,13,18-20,30,35,42,45-46H,5,11-12,14-17,21-25H2,1H3,(H,47,48). The highest BCUT2D eigenvalue weighted by Gasteiger charge is 2.25. The summed E-state index contributed by atoms with van der Waals surface area (Å²) in [5.74, 6) is -0.226. The number of likely N-dealkylation sites (tertiary alicyclic amines) is 1. The zero-order valence-corrected chi connectivity index (χ0v) is 29.1. The van der Waals surface area contributed by atoms with E-state index in [1.54, 1.807) is 24.5 Å². The van der Waals surface area contributed by atoms with Crippen molar-refractivity contribution in [1.29, 1.82) is 0 Å². The number of β-amino-alcohol motifs (C(OH)–C–C–N with tert-alkyl or cyclic N) is 1. The molecule has 2 unspecified atom stereocenters. The number of pyridine rings is 1. The van der Waals surface area contributed by atoms with Gasteiger partial charge >= 0.3 is 5.97 Å². The van der Waals surface area contributed by atoms with Crippen molar-refractivity contribution in [2.75, 3.05) is 44.2 Å². The molecule has 0 bridgehead atoms. The van der Waals surface area contributed by atoms with Crippen molar-refractivity contribution < 1.29 is 29.6 Å². The maximum atomic E-state index is 11.5. The minimum Gasteiger partial charge on any atom is -0.488 e. The van der Waals surface area contributed by atoms with Crippen LogP contribution in [0.5, 0.6) is 11.5 Å². The topological polar surface area (TPSA) is 128 Å². The summed E-state index contributed by atoms with van der Waals surface area (Å²) >= 11 is 6.72. The van der Waals surface area contributed by atoms with Crippen LogP contribution in [0.15, 0.2) is 73.1 Å². The number of anilines is 1. The van der Waals surface area contributed by atoms with Crippen LogP contribution in [-0.4, -0.2) is 82.6 Å². The highest BCUT2D eigenvalue weighted by Crippen LogP contribution is 2.39. The average molecular weight is 701 g/mol. The smallest absolute Gasteiger partial charge is 0.323 e. The van der Waals surface area contributed by atoms with Crippen molar-refractivity contribution in [3.8, 4) is 22.6 Å². The molecule has 1 saturated heterocycles. The predicted molar refractivity (Wildman–Crippen MR) is 194 cm³/mol. The van der Waals surface area contributed by atoms with E-state index in [-0.39, 0.29) is 25.9 Å². The SMILES string of the molecule is Cc1c(COc2cc(OCc3cccnc3)c(CNC(CO)C(=O)O)cc2Cl)cccc1-c1cccc2c1CCN2CCCN1CCC(O)C1. The molecule has 4 N–H and O–H groups in total. The summed E-state index contributed by atoms with van der Waals surface area (Å²) in [5.41, 5.74) is 8.78. The van der Waals surface area contributed by atoms with E-state index in [0.29, 0.717) is 22.1 Å². The minimum atomic E-state index is -1.15. The van der Waals surface area contributed by atoms with Gasteiger partial charge in [0.25, 0.3) is 0 Å². The number of hydrogen-bond acceptors (Lipinski definition) is 9. The van der Waals surface area contributed by atoms with Crippen LogP contribution < -0.4 is 19.7 Å². The van der Waals surface area contributed by atoms with Gasteiger partial charge in [0, 0.05) is 68.0 Å². The largest absolute Gasteiger partial charge is 0.488 e. The first-order chi connectivity index (χ1) is 24.3. The van der Waals surface area contributed by atoms with Crippen molar-refractivity contribution in [3.63, 3.8) is 0 Å². The molecule has 0 saturated carbocycles. The van der Waals surface area contributed by atoms with Crippen LogP contribution in [0.2, 0.25) is 5.02 Å². The van der Waals surface area contributed by atoms with Gasteiger partial charge in [0.05, 0.1) is 17.7 Å². The van der Waals surface area contributed by atoms with E-state index in [2.05, 4.69) is 63.4 Å². The van der Waals surface area contributed by atoms with Gasteiger partial charge in [-0.1, -0.05) is 48.0 Å². The van der Waals surface area contributed by atoms with E-state index in [9.17, 15) is 20.1 Å². The Morgan fingerprint density at radius 2 is 1.84 bits per heavy atom. The molecule has 3 aromatic carbocycles. The Labute approximate surface area is 298 Å². The summed E-state index contributed by atoms with van der Waals surface area (Å²) in [6, 6.07) is 18.9. The van der Waals surface area contributed by atoms with Crippen LogP contribution in [-0.2, 0) is 31.0 Å². The Morgan fingerprint density at radius 3 is 2.60 bits per heavy atom. The fourth-order valence-corrected chi connectivity index (χ4v) is 7.08. The van der Waals surface area contributed by atoms with Crippen molar-refractivity contribution in [1.82, 2.24) is 15.2 Å². The first kappa shape index (κ1) is 35.6. The summed E-state index contributed by atoms with van der Waals surface area (Å²) in [6.45, 7) is 7.01. The number of aliphatic hydroxyl groups excluding tert-OH is 2. The fourth-order valence-electron chi connectivity index (χ4n) is 6.84. The second-order valence-corrected chi connectivity index (χ2v) is 13.4. The third-order valence-electron chi connectivity index (χ3n) is 9.64. The Hall–Kier alpha value is -4.19. The molecule has 2 aliphatic rings. The number of nitrogens with one attached hydrogen (secondary N) is 1. The molecule has 0 aliphatic carbocycles. The van der Waals surface area contributed by atoms with E-state index >= 15 is 0 Å². The number of carboxylic acids is 1. The maximum absolute atomic E-state index is 11.5. The van der Waals surface area contributed by atoms with Crippen LogP contribution in [0.4, 0.5) is 5.69 Å². The number of halogens is 1. The third-order valence-corrected chi connectivity index (χ3v) is 9.94. The molecule has 6 rings (SSSR count). The van der Waals surface area contributed by atoms with Gasteiger partial charge in [0.1, 0.15) is 30.8 Å². The number of aromatic nitrogens is 1. The van der Waals surface area contributed by atoms with E-state index in [1.807, 2.05) is 12.1 Å². The monoisotopic (exact) mass is 700 g/mol. The zero-order chi connectivity index (χ0) is 35.0. The summed E-state index contributed by atoms with van der Waals surface area (Å²) in [7, 11) is 0. The van der Waals surface area contributed by atoms with Gasteiger partial charge in [-0.15, -0.1) is 0 Å². The Balaban J connectivity index is 1.17. The molecule has 1 aromatic heterocycles. The molecule has 2 aliphatic heterocycles.